The van der Waals surface area contributed by atoms with Gasteiger partial charge in [0.15, 0.2) is 0 Å². The lowest BCUT2D eigenvalue weighted by molar-refractivity contribution is 0.590. The van der Waals surface area contributed by atoms with E-state index in [9.17, 15) is 0 Å². The molecule has 0 aliphatic carbocycles. The Hall–Kier alpha value is -2.79. The number of nitrogens with zero attached hydrogens (tertiary/aromatic N) is 4. The van der Waals surface area contributed by atoms with Crippen LogP contribution in [0.1, 0.15) is 84.4 Å². The van der Waals surface area contributed by atoms with Gasteiger partial charge in [0, 0.05) is 4.88 Å². The Morgan fingerprint density at radius 2 is 1.39 bits per heavy atom. The number of tetrazole rings is 1. The van der Waals surface area contributed by atoms with Gasteiger partial charge in [0.25, 0.3) is 0 Å². The van der Waals surface area contributed by atoms with Crippen molar-refractivity contribution in [2.45, 2.75) is 89.0 Å². The summed E-state index contributed by atoms with van der Waals surface area (Å²) in [7, 11) is 0. The van der Waals surface area contributed by atoms with E-state index < -0.39 is 0 Å². The van der Waals surface area contributed by atoms with Crippen LogP contribution < -0.4 is 0 Å². The number of hydrogen-bond acceptors (Lipinski definition) is 4. The van der Waals surface area contributed by atoms with Gasteiger partial charge in [0.2, 0.25) is 0 Å². The Kier molecular flexibility index (Phi) is 17.9. The van der Waals surface area contributed by atoms with Gasteiger partial charge in [-0.05, 0) is 95.5 Å². The zero-order valence-electron chi connectivity index (χ0n) is 23.2. The van der Waals surface area contributed by atoms with E-state index in [4.69, 9.17) is 0 Å². The van der Waals surface area contributed by atoms with Crippen molar-refractivity contribution >= 4 is 11.3 Å². The molecule has 5 heteroatoms. The molecule has 0 aliphatic rings. The van der Waals surface area contributed by atoms with Crippen LogP contribution in [0.2, 0.25) is 0 Å². The van der Waals surface area contributed by atoms with Crippen molar-refractivity contribution in [3.8, 4) is 5.69 Å². The maximum Gasteiger partial charge on any atom is 0.143 e. The number of benzene rings is 2. The van der Waals surface area contributed by atoms with Crippen LogP contribution in [0, 0.1) is 24.7 Å². The summed E-state index contributed by atoms with van der Waals surface area (Å²) in [5.74, 6) is 2.26. The van der Waals surface area contributed by atoms with Gasteiger partial charge >= 0.3 is 0 Å². The largest absolute Gasteiger partial charge is 0.201 e. The van der Waals surface area contributed by atoms with Crippen LogP contribution in [-0.4, -0.2) is 20.2 Å². The van der Waals surface area contributed by atoms with E-state index in [2.05, 4.69) is 118 Å². The van der Waals surface area contributed by atoms with Gasteiger partial charge in [-0.2, -0.15) is 0 Å². The maximum atomic E-state index is 3.86. The molecule has 0 saturated carbocycles. The van der Waals surface area contributed by atoms with Crippen molar-refractivity contribution < 1.29 is 0 Å². The quantitative estimate of drug-likeness (QED) is 0.225. The third kappa shape index (κ3) is 14.8. The Morgan fingerprint density at radius 3 is 1.89 bits per heavy atom. The van der Waals surface area contributed by atoms with Gasteiger partial charge in [-0.1, -0.05) is 104 Å². The molecule has 0 bridgehead atoms. The first-order chi connectivity index (χ1) is 17.2. The minimum absolute atomic E-state index is 0. The number of thiophene rings is 1. The molecule has 4 nitrogen and oxygen atoms in total. The molecule has 4 aromatic rings. The van der Waals surface area contributed by atoms with Gasteiger partial charge in [-0.3, -0.25) is 0 Å². The Bertz CT molecular complexity index is 1080. The SMILES string of the molecule is C.C.CC(C)CCc1cccs1.CC(C)Cc1cccc(-n2cnnn2)c1.Cc1cccc(CC(C)C)c1. The van der Waals surface area contributed by atoms with Gasteiger partial charge in [-0.15, -0.1) is 16.4 Å². The average molecular weight is 537 g/mol. The molecule has 4 rings (SSSR count). The Balaban J connectivity index is 0.000000540. The maximum absolute atomic E-state index is 3.86. The molecule has 0 saturated heterocycles. The van der Waals surface area contributed by atoms with E-state index in [1.807, 2.05) is 23.5 Å². The predicted octanol–water partition coefficient (Wildman–Crippen LogP) is 9.66. The second kappa shape index (κ2) is 19.3. The first-order valence-corrected chi connectivity index (χ1v) is 14.0. The van der Waals surface area contributed by atoms with E-state index >= 15 is 0 Å². The lowest BCUT2D eigenvalue weighted by atomic mass is 10.0. The summed E-state index contributed by atoms with van der Waals surface area (Å²) >= 11 is 1.86. The van der Waals surface area contributed by atoms with Crippen molar-refractivity contribution in [3.05, 3.63) is 93.9 Å². The zero-order valence-corrected chi connectivity index (χ0v) is 24.0. The topological polar surface area (TPSA) is 43.6 Å². The highest BCUT2D eigenvalue weighted by Gasteiger charge is 2.01. The highest BCUT2D eigenvalue weighted by atomic mass is 32.1. The predicted molar refractivity (Wildman–Crippen MR) is 168 cm³/mol. The molecule has 0 spiro atoms. The summed E-state index contributed by atoms with van der Waals surface area (Å²) < 4.78 is 1.67. The van der Waals surface area contributed by atoms with E-state index in [0.717, 1.165) is 23.9 Å². The molecule has 0 aliphatic heterocycles. The monoisotopic (exact) mass is 536 g/mol. The molecule has 2 aromatic heterocycles. The molecule has 2 heterocycles. The second-order valence-electron chi connectivity index (χ2n) is 10.6. The summed E-state index contributed by atoms with van der Waals surface area (Å²) in [6.07, 6.45) is 6.46. The van der Waals surface area contributed by atoms with Crippen LogP contribution in [0.25, 0.3) is 5.69 Å². The molecule has 0 atom stereocenters. The van der Waals surface area contributed by atoms with Crippen LogP contribution in [-0.2, 0) is 19.3 Å². The lowest BCUT2D eigenvalue weighted by Gasteiger charge is -2.06. The molecular formula is C33H52N4S. The third-order valence-electron chi connectivity index (χ3n) is 5.44. The summed E-state index contributed by atoms with van der Waals surface area (Å²) in [4.78, 5) is 1.52. The van der Waals surface area contributed by atoms with Crippen molar-refractivity contribution in [1.29, 1.82) is 0 Å². The Morgan fingerprint density at radius 1 is 0.763 bits per heavy atom. The van der Waals surface area contributed by atoms with Crippen molar-refractivity contribution in [2.75, 3.05) is 0 Å². The van der Waals surface area contributed by atoms with E-state index in [0.29, 0.717) is 5.92 Å². The third-order valence-corrected chi connectivity index (χ3v) is 6.38. The molecular weight excluding hydrogens is 484 g/mol. The van der Waals surface area contributed by atoms with Crippen LogP contribution >= 0.6 is 11.3 Å². The number of rotatable bonds is 8. The van der Waals surface area contributed by atoms with Gasteiger partial charge < -0.3 is 0 Å². The van der Waals surface area contributed by atoms with E-state index in [-0.39, 0.29) is 14.9 Å². The smallest absolute Gasteiger partial charge is 0.143 e. The molecule has 0 unspecified atom stereocenters. The lowest BCUT2D eigenvalue weighted by Crippen LogP contribution is -1.98. The first kappa shape index (κ1) is 35.2. The average Bonchev–Trinajstić information content (AvgIpc) is 3.53. The molecule has 210 valence electrons. The highest BCUT2D eigenvalue weighted by molar-refractivity contribution is 7.09. The minimum atomic E-state index is 0. The fraction of sp³-hybridized carbons (Fsp3) is 0.485. The summed E-state index contributed by atoms with van der Waals surface area (Å²) in [6.45, 7) is 15.6. The molecule has 0 fully saturated rings. The molecule has 0 N–H and O–H groups in total. The molecule has 38 heavy (non-hydrogen) atoms. The Labute approximate surface area is 237 Å². The van der Waals surface area contributed by atoms with Crippen LogP contribution in [0.15, 0.2) is 72.4 Å². The number of hydrogen-bond donors (Lipinski definition) is 0. The molecule has 2 aromatic carbocycles. The molecule has 0 radical (unpaired) electrons. The number of aryl methyl sites for hydroxylation is 2. The fourth-order valence-corrected chi connectivity index (χ4v) is 4.50. The second-order valence-corrected chi connectivity index (χ2v) is 11.7. The van der Waals surface area contributed by atoms with Crippen molar-refractivity contribution in [2.24, 2.45) is 17.8 Å². The summed E-state index contributed by atoms with van der Waals surface area (Å²) in [5, 5.41) is 13.3. The minimum Gasteiger partial charge on any atom is -0.201 e. The highest BCUT2D eigenvalue weighted by Crippen LogP contribution is 2.14. The van der Waals surface area contributed by atoms with Gasteiger partial charge in [0.1, 0.15) is 6.33 Å². The zero-order chi connectivity index (χ0) is 26.3. The molecule has 0 amide bonds. The first-order valence-electron chi connectivity index (χ1n) is 13.1. The van der Waals surface area contributed by atoms with E-state index in [1.54, 1.807) is 11.0 Å². The van der Waals surface area contributed by atoms with Gasteiger partial charge in [0.05, 0.1) is 5.69 Å². The number of aromatic nitrogens is 4. The standard InChI is InChI=1S/C11H14N4.C11H16.C9H14S.2CH4/c1-9(2)6-10-4-3-5-11(7-10)15-8-12-13-14-15;1-9(2)7-11-6-4-5-10(3)8-11;1-8(2)5-6-9-4-3-7-10-9;;/h3-5,7-9H,6H2,1-2H3;4-6,8-9H,7H2,1-3H3;3-4,7-8H,5-6H2,1-2H3;2*1H4. The van der Waals surface area contributed by atoms with Crippen LogP contribution in [0.3, 0.4) is 0 Å². The van der Waals surface area contributed by atoms with Crippen LogP contribution in [0.5, 0.6) is 0 Å². The normalized spacial score (nSPS) is 10.2. The van der Waals surface area contributed by atoms with Crippen molar-refractivity contribution in [1.82, 2.24) is 20.2 Å². The van der Waals surface area contributed by atoms with Gasteiger partial charge in [-0.25, -0.2) is 4.68 Å². The van der Waals surface area contributed by atoms with Crippen molar-refractivity contribution in [3.63, 3.8) is 0 Å². The van der Waals surface area contributed by atoms with E-state index in [1.165, 1.54) is 40.8 Å². The summed E-state index contributed by atoms with van der Waals surface area (Å²) in [6, 6.07) is 21.4. The fourth-order valence-electron chi connectivity index (χ4n) is 3.77. The van der Waals surface area contributed by atoms with Crippen LogP contribution in [0.4, 0.5) is 0 Å². The summed E-state index contributed by atoms with van der Waals surface area (Å²) in [5.41, 5.74) is 5.15.